The zero-order chi connectivity index (χ0) is 42.3. The number of hydrogen-bond acceptors (Lipinski definition) is 12. The van der Waals surface area contributed by atoms with Crippen LogP contribution >= 0.6 is 19.4 Å². The van der Waals surface area contributed by atoms with E-state index in [1.807, 2.05) is 0 Å². The number of nitriles is 2. The van der Waals surface area contributed by atoms with Gasteiger partial charge in [-0.3, -0.25) is 9.05 Å². The molecule has 0 aliphatic carbocycles. The Kier molecular flexibility index (Phi) is 18.0. The topological polar surface area (TPSA) is 196 Å². The fraction of sp³-hybridized carbons (Fsp3) is 0.674. The quantitative estimate of drug-likeness (QED) is 0.0543. The van der Waals surface area contributed by atoms with Crippen molar-refractivity contribution < 1.29 is 37.5 Å². The second kappa shape index (κ2) is 22.6. The summed E-state index contributed by atoms with van der Waals surface area (Å²) in [5, 5.41) is 24.6. The minimum absolute atomic E-state index is 0.118. The van der Waals surface area contributed by atoms with Crippen LogP contribution in [0.4, 0.5) is 5.82 Å². The monoisotopic (exact) mass is 856 g/mol. The summed E-state index contributed by atoms with van der Waals surface area (Å²) in [6.07, 6.45) is 18.7. The first kappa shape index (κ1) is 46.9. The van der Waals surface area contributed by atoms with Gasteiger partial charge in [-0.1, -0.05) is 121 Å². The van der Waals surface area contributed by atoms with Crippen molar-refractivity contribution in [1.82, 2.24) is 14.6 Å². The predicted molar refractivity (Wildman–Crippen MR) is 224 cm³/mol. The maximum atomic E-state index is 13.4. The van der Waals surface area contributed by atoms with Crippen molar-refractivity contribution in [2.45, 2.75) is 172 Å². The standard InChI is InChI=1S/C43H62ClN6O8P/c1-4-5-6-7-8-9-10-11-12-13-14-15-16-17-18-19-20-35(53-27-33-23-32(26-45)24-34(44)25-33)28-54-59(51,52)55-30-43(29-46)40-39(56-42(2,3)58-40)38(57-43)36-21-22-37-41(47)48-31-49-50(36)37/h21-25,31,35,38-40H,4-20,27-28,30H2,1-3H3,(H,51,52)(H2,47,48,49)/t35-,38-,39-,40-,43+/m0/s1. The third kappa shape index (κ3) is 13.7. The molecule has 5 rings (SSSR count). The smallest absolute Gasteiger partial charge is 0.382 e. The zero-order valence-corrected chi connectivity index (χ0v) is 36.5. The average Bonchev–Trinajstić information content (AvgIpc) is 3.87. The number of nitrogens with zero attached hydrogens (tertiary/aromatic N) is 5. The number of benzene rings is 1. The lowest BCUT2D eigenvalue weighted by atomic mass is 9.96. The maximum absolute atomic E-state index is 13.4. The summed E-state index contributed by atoms with van der Waals surface area (Å²) in [4.78, 5) is 15.0. The predicted octanol–water partition coefficient (Wildman–Crippen LogP) is 10.1. The molecule has 16 heteroatoms. The van der Waals surface area contributed by atoms with Crippen LogP contribution in [0, 0.1) is 22.7 Å². The molecule has 2 fully saturated rings. The first-order valence-corrected chi connectivity index (χ1v) is 23.2. The van der Waals surface area contributed by atoms with Crippen LogP contribution < -0.4 is 5.73 Å². The lowest BCUT2D eigenvalue weighted by Crippen LogP contribution is -2.45. The molecule has 2 aromatic heterocycles. The van der Waals surface area contributed by atoms with E-state index in [0.29, 0.717) is 33.8 Å². The summed E-state index contributed by atoms with van der Waals surface area (Å²) in [5.41, 5.74) is 6.38. The van der Waals surface area contributed by atoms with Gasteiger partial charge in [0.1, 0.15) is 42.8 Å². The van der Waals surface area contributed by atoms with E-state index in [9.17, 15) is 20.0 Å². The normalized spacial score (nSPS) is 22.5. The Bertz CT molecular complexity index is 1920. The lowest BCUT2D eigenvalue weighted by Gasteiger charge is -2.29. The minimum Gasteiger partial charge on any atom is -0.382 e. The molecule has 1 aromatic carbocycles. The lowest BCUT2D eigenvalue weighted by molar-refractivity contribution is -0.204. The molecule has 6 atom stereocenters. The van der Waals surface area contributed by atoms with Crippen LogP contribution in [0.25, 0.3) is 5.52 Å². The first-order valence-electron chi connectivity index (χ1n) is 21.3. The largest absolute Gasteiger partial charge is 0.472 e. The Morgan fingerprint density at radius 1 is 0.932 bits per heavy atom. The third-order valence-corrected chi connectivity index (χ3v) is 12.2. The number of phosphoric ester groups is 1. The molecule has 0 bridgehead atoms. The number of rotatable bonds is 27. The molecule has 2 saturated heterocycles. The van der Waals surface area contributed by atoms with Crippen LogP contribution in [0.1, 0.15) is 153 Å². The number of anilines is 1. The number of hydrogen-bond donors (Lipinski definition) is 2. The summed E-state index contributed by atoms with van der Waals surface area (Å²) in [6, 6.07) is 12.7. The van der Waals surface area contributed by atoms with Gasteiger partial charge < -0.3 is 29.6 Å². The number of halogens is 1. The molecule has 2 aliphatic heterocycles. The molecule has 2 aliphatic rings. The van der Waals surface area contributed by atoms with Crippen LogP contribution in [-0.2, 0) is 39.2 Å². The Hall–Kier alpha value is -3.14. The van der Waals surface area contributed by atoms with Crippen molar-refractivity contribution in [2.75, 3.05) is 18.9 Å². The Morgan fingerprint density at radius 2 is 1.58 bits per heavy atom. The zero-order valence-electron chi connectivity index (χ0n) is 34.9. The van der Waals surface area contributed by atoms with E-state index in [2.05, 4.69) is 29.1 Å². The van der Waals surface area contributed by atoms with Gasteiger partial charge >= 0.3 is 7.82 Å². The molecule has 1 unspecified atom stereocenters. The van der Waals surface area contributed by atoms with Crippen molar-refractivity contribution >= 4 is 30.8 Å². The van der Waals surface area contributed by atoms with Crippen molar-refractivity contribution in [3.05, 3.63) is 58.5 Å². The van der Waals surface area contributed by atoms with Crippen LogP contribution in [0.3, 0.4) is 0 Å². The summed E-state index contributed by atoms with van der Waals surface area (Å²) < 4.78 is 50.9. The molecule has 0 radical (unpaired) electrons. The SMILES string of the molecule is CCCCCCCCCCCCCCCCCC[C@@H](COP(=O)(O)OC[C@@]1(C#N)O[C@@H](c2ccc3c(N)ncnn23)[C@@H]2OC(C)(C)O[C@@H]21)OCc1cc(Cl)cc(C#N)c1. The average molecular weight is 857 g/mol. The van der Waals surface area contributed by atoms with Crippen molar-refractivity contribution in [3.63, 3.8) is 0 Å². The van der Waals surface area contributed by atoms with Gasteiger partial charge in [0.2, 0.25) is 5.60 Å². The molecule has 324 valence electrons. The summed E-state index contributed by atoms with van der Waals surface area (Å²) in [6.45, 7) is 4.90. The van der Waals surface area contributed by atoms with E-state index in [4.69, 9.17) is 45.3 Å². The van der Waals surface area contributed by atoms with Gasteiger partial charge in [0.25, 0.3) is 0 Å². The first-order chi connectivity index (χ1) is 28.4. The van der Waals surface area contributed by atoms with E-state index >= 15 is 0 Å². The van der Waals surface area contributed by atoms with E-state index in [-0.39, 0.29) is 19.0 Å². The Morgan fingerprint density at radius 3 is 2.20 bits per heavy atom. The van der Waals surface area contributed by atoms with E-state index in [0.717, 1.165) is 19.3 Å². The highest BCUT2D eigenvalue weighted by atomic mass is 35.5. The number of ether oxygens (including phenoxy) is 4. The van der Waals surface area contributed by atoms with Gasteiger partial charge in [-0.05, 0) is 56.2 Å². The molecule has 0 saturated carbocycles. The van der Waals surface area contributed by atoms with Crippen molar-refractivity contribution in [1.29, 1.82) is 10.5 Å². The van der Waals surface area contributed by atoms with Gasteiger partial charge in [0.15, 0.2) is 11.6 Å². The van der Waals surface area contributed by atoms with E-state index in [1.54, 1.807) is 48.7 Å². The van der Waals surface area contributed by atoms with Gasteiger partial charge in [-0.15, -0.1) is 0 Å². The Labute approximate surface area is 354 Å². The number of phosphoric acid groups is 1. The summed E-state index contributed by atoms with van der Waals surface area (Å²) >= 11 is 6.23. The molecule has 0 amide bonds. The second-order valence-electron chi connectivity index (χ2n) is 16.3. The molecule has 14 nitrogen and oxygen atoms in total. The summed E-state index contributed by atoms with van der Waals surface area (Å²) in [7, 11) is -4.75. The molecular weight excluding hydrogens is 795 g/mol. The fourth-order valence-corrected chi connectivity index (χ4v) is 8.97. The van der Waals surface area contributed by atoms with Gasteiger partial charge in [0.05, 0.1) is 36.6 Å². The second-order valence-corrected chi connectivity index (χ2v) is 18.2. The highest BCUT2D eigenvalue weighted by molar-refractivity contribution is 7.47. The molecular formula is C43H62ClN6O8P. The van der Waals surface area contributed by atoms with Crippen LogP contribution in [-0.4, -0.2) is 62.4 Å². The van der Waals surface area contributed by atoms with Crippen LogP contribution in [0.5, 0.6) is 0 Å². The highest BCUT2D eigenvalue weighted by Gasteiger charge is 2.65. The molecule has 0 spiro atoms. The number of nitrogens with two attached hydrogens (primary N) is 1. The highest BCUT2D eigenvalue weighted by Crippen LogP contribution is 2.52. The van der Waals surface area contributed by atoms with Gasteiger partial charge in [0, 0.05) is 5.02 Å². The van der Waals surface area contributed by atoms with Gasteiger partial charge in [-0.25, -0.2) is 14.1 Å². The van der Waals surface area contributed by atoms with Gasteiger partial charge in [-0.2, -0.15) is 15.6 Å². The number of nitrogen functional groups attached to an aromatic ring is 1. The molecule has 59 heavy (non-hydrogen) atoms. The molecule has 3 N–H and O–H groups in total. The summed E-state index contributed by atoms with van der Waals surface area (Å²) in [5.74, 6) is -0.830. The fourth-order valence-electron chi connectivity index (χ4n) is 7.93. The van der Waals surface area contributed by atoms with Crippen molar-refractivity contribution in [2.24, 2.45) is 0 Å². The number of unbranched alkanes of at least 4 members (excludes halogenated alkanes) is 15. The molecule has 4 heterocycles. The van der Waals surface area contributed by atoms with E-state index < -0.39 is 50.2 Å². The third-order valence-electron chi connectivity index (χ3n) is 11.0. The van der Waals surface area contributed by atoms with Crippen LogP contribution in [0.2, 0.25) is 5.02 Å². The van der Waals surface area contributed by atoms with Crippen LogP contribution in [0.15, 0.2) is 36.7 Å². The molecule has 3 aromatic rings. The van der Waals surface area contributed by atoms with Crippen molar-refractivity contribution in [3.8, 4) is 12.1 Å². The number of fused-ring (bicyclic) bond motifs is 2. The van der Waals surface area contributed by atoms with E-state index in [1.165, 1.54) is 89.8 Å². The Balaban J connectivity index is 1.12. The minimum atomic E-state index is -4.75. The number of aromatic nitrogens is 3. The maximum Gasteiger partial charge on any atom is 0.472 e.